The van der Waals surface area contributed by atoms with E-state index in [0.29, 0.717) is 31.2 Å². The van der Waals surface area contributed by atoms with Gasteiger partial charge in [0.15, 0.2) is 0 Å². The molecule has 5 nitrogen and oxygen atoms in total. The first kappa shape index (κ1) is 18.3. The van der Waals surface area contributed by atoms with E-state index in [1.54, 1.807) is 15.9 Å². The van der Waals surface area contributed by atoms with Crippen LogP contribution in [0.2, 0.25) is 5.02 Å². The van der Waals surface area contributed by atoms with E-state index in [1.165, 1.54) is 0 Å². The molecule has 1 fully saturated rings. The molecule has 1 saturated heterocycles. The van der Waals surface area contributed by atoms with Gasteiger partial charge in [0.05, 0.1) is 0 Å². The molecular weight excluding hydrogens is 350 g/mol. The highest BCUT2D eigenvalue weighted by atomic mass is 35.5. The number of hydrogen-bond donors (Lipinski definition) is 1. The van der Waals surface area contributed by atoms with Crippen molar-refractivity contribution in [3.05, 3.63) is 70.2 Å². The summed E-state index contributed by atoms with van der Waals surface area (Å²) in [5.74, 6) is -0.184. The number of carbonyl (C=O) groups is 2. The van der Waals surface area contributed by atoms with Crippen LogP contribution in [0.5, 0.6) is 0 Å². The van der Waals surface area contributed by atoms with Crippen LogP contribution in [0.25, 0.3) is 0 Å². The number of urea groups is 1. The molecule has 0 aliphatic carbocycles. The first-order valence-electron chi connectivity index (χ1n) is 8.63. The number of nitrogens with zero attached hydrogens (tertiary/aromatic N) is 2. The van der Waals surface area contributed by atoms with Crippen molar-refractivity contribution in [1.82, 2.24) is 15.1 Å². The molecule has 0 radical (unpaired) electrons. The van der Waals surface area contributed by atoms with Gasteiger partial charge in [-0.25, -0.2) is 4.79 Å². The second-order valence-electron chi connectivity index (χ2n) is 6.42. The van der Waals surface area contributed by atoms with Crippen LogP contribution in [0.1, 0.15) is 16.7 Å². The SMILES string of the molecule is Cc1ccccc1CN1CCN(CC(=O)NCc2ccccc2Cl)C1=O. The Labute approximate surface area is 158 Å². The number of rotatable bonds is 6. The largest absolute Gasteiger partial charge is 0.350 e. The number of benzene rings is 2. The number of aryl methyl sites for hydroxylation is 1. The average molecular weight is 372 g/mol. The Morgan fingerprint density at radius 3 is 2.42 bits per heavy atom. The van der Waals surface area contributed by atoms with E-state index in [4.69, 9.17) is 11.6 Å². The summed E-state index contributed by atoms with van der Waals surface area (Å²) in [6, 6.07) is 15.3. The van der Waals surface area contributed by atoms with Gasteiger partial charge in [-0.15, -0.1) is 0 Å². The van der Waals surface area contributed by atoms with Gasteiger partial charge in [-0.05, 0) is 29.7 Å². The molecule has 0 aromatic heterocycles. The van der Waals surface area contributed by atoms with E-state index in [-0.39, 0.29) is 18.5 Å². The summed E-state index contributed by atoms with van der Waals surface area (Å²) >= 11 is 6.09. The molecule has 2 aromatic rings. The topological polar surface area (TPSA) is 52.6 Å². The Kier molecular flexibility index (Phi) is 5.78. The molecule has 1 heterocycles. The van der Waals surface area contributed by atoms with Gasteiger partial charge < -0.3 is 15.1 Å². The number of amides is 3. The summed E-state index contributed by atoms with van der Waals surface area (Å²) in [6.07, 6.45) is 0. The minimum atomic E-state index is -0.184. The Morgan fingerprint density at radius 1 is 1.04 bits per heavy atom. The zero-order valence-corrected chi connectivity index (χ0v) is 15.5. The zero-order chi connectivity index (χ0) is 18.5. The van der Waals surface area contributed by atoms with Crippen molar-refractivity contribution in [2.45, 2.75) is 20.0 Å². The number of hydrogen-bond acceptors (Lipinski definition) is 2. The number of nitrogens with one attached hydrogen (secondary N) is 1. The van der Waals surface area contributed by atoms with Crippen molar-refractivity contribution >= 4 is 23.5 Å². The maximum atomic E-state index is 12.5. The van der Waals surface area contributed by atoms with Crippen molar-refractivity contribution in [3.8, 4) is 0 Å². The Balaban J connectivity index is 1.51. The molecule has 0 atom stereocenters. The minimum Gasteiger partial charge on any atom is -0.350 e. The summed E-state index contributed by atoms with van der Waals surface area (Å²) in [7, 11) is 0. The molecule has 3 amide bonds. The third-order valence-electron chi connectivity index (χ3n) is 4.57. The predicted octanol–water partition coefficient (Wildman–Crippen LogP) is 3.20. The van der Waals surface area contributed by atoms with Gasteiger partial charge in [0.1, 0.15) is 6.54 Å². The molecule has 6 heteroatoms. The lowest BCUT2D eigenvalue weighted by atomic mass is 10.1. The average Bonchev–Trinajstić information content (AvgIpc) is 2.96. The van der Waals surface area contributed by atoms with E-state index in [2.05, 4.69) is 5.32 Å². The molecule has 0 saturated carbocycles. The second kappa shape index (κ2) is 8.23. The standard InChI is InChI=1S/C20H22ClN3O2/c1-15-6-2-3-8-17(15)13-23-10-11-24(20(23)26)14-19(25)22-12-16-7-4-5-9-18(16)21/h2-9H,10-14H2,1H3,(H,22,25). The Hall–Kier alpha value is -2.53. The smallest absolute Gasteiger partial charge is 0.320 e. The molecule has 2 aromatic carbocycles. The molecule has 3 rings (SSSR count). The molecule has 0 bridgehead atoms. The lowest BCUT2D eigenvalue weighted by Crippen LogP contribution is -2.39. The van der Waals surface area contributed by atoms with E-state index >= 15 is 0 Å². The van der Waals surface area contributed by atoms with Gasteiger partial charge in [0.2, 0.25) is 5.91 Å². The molecule has 0 unspecified atom stereocenters. The highest BCUT2D eigenvalue weighted by molar-refractivity contribution is 6.31. The third-order valence-corrected chi connectivity index (χ3v) is 4.94. The molecule has 1 aliphatic heterocycles. The lowest BCUT2D eigenvalue weighted by Gasteiger charge is -2.19. The number of carbonyl (C=O) groups excluding carboxylic acids is 2. The summed E-state index contributed by atoms with van der Waals surface area (Å²) in [5, 5.41) is 3.44. The second-order valence-corrected chi connectivity index (χ2v) is 6.83. The van der Waals surface area contributed by atoms with Crippen molar-refractivity contribution in [2.24, 2.45) is 0 Å². The normalized spacial score (nSPS) is 14.0. The van der Waals surface area contributed by atoms with Crippen LogP contribution in [0.4, 0.5) is 4.79 Å². The fourth-order valence-corrected chi connectivity index (χ4v) is 3.19. The fourth-order valence-electron chi connectivity index (χ4n) is 2.98. The molecule has 136 valence electrons. The van der Waals surface area contributed by atoms with Crippen LogP contribution in [-0.2, 0) is 17.9 Å². The van der Waals surface area contributed by atoms with Gasteiger partial charge in [-0.2, -0.15) is 0 Å². The van der Waals surface area contributed by atoms with Crippen LogP contribution in [0, 0.1) is 6.92 Å². The Bertz CT molecular complexity index is 809. The summed E-state index contributed by atoms with van der Waals surface area (Å²) < 4.78 is 0. The highest BCUT2D eigenvalue weighted by Crippen LogP contribution is 2.16. The van der Waals surface area contributed by atoms with E-state index < -0.39 is 0 Å². The summed E-state index contributed by atoms with van der Waals surface area (Å²) in [6.45, 7) is 4.22. The van der Waals surface area contributed by atoms with Gasteiger partial charge in [0, 0.05) is 31.2 Å². The van der Waals surface area contributed by atoms with Crippen molar-refractivity contribution < 1.29 is 9.59 Å². The number of halogens is 1. The first-order chi connectivity index (χ1) is 12.5. The summed E-state index contributed by atoms with van der Waals surface area (Å²) in [4.78, 5) is 28.1. The quantitative estimate of drug-likeness (QED) is 0.847. The van der Waals surface area contributed by atoms with Crippen molar-refractivity contribution in [3.63, 3.8) is 0 Å². The fraction of sp³-hybridized carbons (Fsp3) is 0.300. The van der Waals surface area contributed by atoms with E-state index in [9.17, 15) is 9.59 Å². The van der Waals surface area contributed by atoms with Gasteiger partial charge in [0.25, 0.3) is 0 Å². The predicted molar refractivity (Wildman–Crippen MR) is 102 cm³/mol. The lowest BCUT2D eigenvalue weighted by molar-refractivity contribution is -0.121. The van der Waals surface area contributed by atoms with E-state index in [1.807, 2.05) is 49.4 Å². The van der Waals surface area contributed by atoms with Gasteiger partial charge in [-0.3, -0.25) is 4.79 Å². The van der Waals surface area contributed by atoms with Gasteiger partial charge in [-0.1, -0.05) is 54.1 Å². The molecule has 0 spiro atoms. The van der Waals surface area contributed by atoms with E-state index in [0.717, 1.165) is 16.7 Å². The maximum absolute atomic E-state index is 12.5. The molecular formula is C20H22ClN3O2. The Morgan fingerprint density at radius 2 is 1.69 bits per heavy atom. The van der Waals surface area contributed by atoms with Crippen LogP contribution >= 0.6 is 11.6 Å². The highest BCUT2D eigenvalue weighted by Gasteiger charge is 2.29. The van der Waals surface area contributed by atoms with Crippen LogP contribution in [0.3, 0.4) is 0 Å². The molecule has 1 N–H and O–H groups in total. The van der Waals surface area contributed by atoms with Gasteiger partial charge >= 0.3 is 6.03 Å². The monoisotopic (exact) mass is 371 g/mol. The molecule has 1 aliphatic rings. The van der Waals surface area contributed by atoms with Crippen LogP contribution in [0.15, 0.2) is 48.5 Å². The van der Waals surface area contributed by atoms with Crippen LogP contribution < -0.4 is 5.32 Å². The third kappa shape index (κ3) is 4.35. The summed E-state index contributed by atoms with van der Waals surface area (Å²) in [5.41, 5.74) is 3.15. The van der Waals surface area contributed by atoms with Crippen LogP contribution in [-0.4, -0.2) is 41.4 Å². The van der Waals surface area contributed by atoms with Crippen molar-refractivity contribution in [2.75, 3.05) is 19.6 Å². The maximum Gasteiger partial charge on any atom is 0.320 e. The zero-order valence-electron chi connectivity index (χ0n) is 14.7. The molecule has 26 heavy (non-hydrogen) atoms. The minimum absolute atomic E-state index is 0.0631. The van der Waals surface area contributed by atoms with Crippen molar-refractivity contribution in [1.29, 1.82) is 0 Å². The first-order valence-corrected chi connectivity index (χ1v) is 9.01.